The molecule has 0 atom stereocenters. The molecule has 1 heterocycles. The van der Waals surface area contributed by atoms with Crippen molar-refractivity contribution in [2.45, 2.75) is 26.3 Å². The van der Waals surface area contributed by atoms with Gasteiger partial charge in [0.25, 0.3) is 0 Å². The molecule has 0 spiro atoms. The summed E-state index contributed by atoms with van der Waals surface area (Å²) in [5, 5.41) is 12.7. The van der Waals surface area contributed by atoms with Crippen LogP contribution >= 0.6 is 0 Å². The van der Waals surface area contributed by atoms with E-state index in [2.05, 4.69) is 12.2 Å². The summed E-state index contributed by atoms with van der Waals surface area (Å²) in [4.78, 5) is 14.3. The summed E-state index contributed by atoms with van der Waals surface area (Å²) in [5.74, 6) is 0.434. The van der Waals surface area contributed by atoms with Gasteiger partial charge in [-0.1, -0.05) is 19.1 Å². The number of phenols is 1. The minimum atomic E-state index is -0.253. The van der Waals surface area contributed by atoms with Crippen LogP contribution < -0.4 is 5.32 Å². The average Bonchev–Trinajstić information content (AvgIpc) is 2.38. The molecule has 1 aromatic carbocycles. The van der Waals surface area contributed by atoms with Crippen molar-refractivity contribution >= 4 is 5.91 Å². The largest absolute Gasteiger partial charge is 0.508 e. The van der Waals surface area contributed by atoms with Gasteiger partial charge in [0.1, 0.15) is 5.75 Å². The third-order valence-electron chi connectivity index (χ3n) is 3.90. The number of piperidine rings is 1. The number of hydrogen-bond acceptors (Lipinski definition) is 3. The van der Waals surface area contributed by atoms with Crippen molar-refractivity contribution in [3.05, 3.63) is 29.8 Å². The van der Waals surface area contributed by atoms with E-state index in [0.29, 0.717) is 6.54 Å². The van der Waals surface area contributed by atoms with Crippen LogP contribution in [0.3, 0.4) is 0 Å². The Morgan fingerprint density at radius 2 is 2.11 bits per heavy atom. The number of rotatable bonds is 3. The number of hydrogen-bond donors (Lipinski definition) is 2. The fourth-order valence-corrected chi connectivity index (χ4v) is 2.65. The first-order valence-corrected chi connectivity index (χ1v) is 6.75. The molecule has 19 heavy (non-hydrogen) atoms. The Labute approximate surface area is 114 Å². The molecule has 1 aromatic rings. The maximum atomic E-state index is 12.5. The molecule has 1 fully saturated rings. The van der Waals surface area contributed by atoms with Crippen LogP contribution in [0.2, 0.25) is 0 Å². The monoisotopic (exact) mass is 262 g/mol. The van der Waals surface area contributed by atoms with Crippen molar-refractivity contribution in [1.82, 2.24) is 10.2 Å². The molecule has 0 radical (unpaired) electrons. The number of carbonyl (C=O) groups excluding carboxylic acids is 1. The Balaban J connectivity index is 2.03. The lowest BCUT2D eigenvalue weighted by Crippen LogP contribution is -2.46. The Morgan fingerprint density at radius 3 is 2.74 bits per heavy atom. The lowest BCUT2D eigenvalue weighted by molar-refractivity contribution is -0.141. The lowest BCUT2D eigenvalue weighted by Gasteiger charge is -2.36. The van der Waals surface area contributed by atoms with Crippen LogP contribution in [0.4, 0.5) is 0 Å². The number of nitrogens with one attached hydrogen (secondary N) is 1. The Bertz CT molecular complexity index is 453. The van der Waals surface area contributed by atoms with Crippen molar-refractivity contribution in [2.24, 2.45) is 5.41 Å². The zero-order valence-corrected chi connectivity index (χ0v) is 11.6. The van der Waals surface area contributed by atoms with Gasteiger partial charge < -0.3 is 15.3 Å². The first kappa shape index (κ1) is 13.9. The summed E-state index contributed by atoms with van der Waals surface area (Å²) in [7, 11) is 1.83. The van der Waals surface area contributed by atoms with Crippen LogP contribution in [0.15, 0.2) is 24.3 Å². The highest BCUT2D eigenvalue weighted by Gasteiger charge is 2.36. The van der Waals surface area contributed by atoms with Crippen molar-refractivity contribution in [3.63, 3.8) is 0 Å². The van der Waals surface area contributed by atoms with E-state index in [1.54, 1.807) is 23.1 Å². The van der Waals surface area contributed by atoms with Crippen molar-refractivity contribution in [1.29, 1.82) is 0 Å². The highest BCUT2D eigenvalue weighted by atomic mass is 16.3. The third kappa shape index (κ3) is 3.26. The van der Waals surface area contributed by atoms with Gasteiger partial charge in [0.15, 0.2) is 0 Å². The molecule has 104 valence electrons. The molecule has 1 saturated heterocycles. The van der Waals surface area contributed by atoms with Gasteiger partial charge in [-0.05, 0) is 43.6 Å². The first-order valence-electron chi connectivity index (χ1n) is 6.75. The second-order valence-corrected chi connectivity index (χ2v) is 5.64. The van der Waals surface area contributed by atoms with E-state index in [0.717, 1.165) is 31.5 Å². The summed E-state index contributed by atoms with van der Waals surface area (Å²) < 4.78 is 0. The summed E-state index contributed by atoms with van der Waals surface area (Å²) in [6, 6.07) is 7.07. The quantitative estimate of drug-likeness (QED) is 0.872. The van der Waals surface area contributed by atoms with E-state index >= 15 is 0 Å². The van der Waals surface area contributed by atoms with Gasteiger partial charge in [-0.3, -0.25) is 4.79 Å². The number of benzene rings is 1. The fraction of sp³-hybridized carbons (Fsp3) is 0.533. The molecule has 1 amide bonds. The molecule has 0 saturated carbocycles. The van der Waals surface area contributed by atoms with Crippen LogP contribution in [0.25, 0.3) is 0 Å². The maximum Gasteiger partial charge on any atom is 0.228 e. The SMILES string of the molecule is CN(Cc1cccc(O)c1)C(=O)C1(C)CCNCC1. The van der Waals surface area contributed by atoms with Gasteiger partial charge in [0.2, 0.25) is 5.91 Å². The molecule has 1 aliphatic heterocycles. The predicted octanol–water partition coefficient (Wildman–Crippen LogP) is 1.74. The van der Waals surface area contributed by atoms with Gasteiger partial charge in [-0.25, -0.2) is 0 Å². The second kappa shape index (κ2) is 5.61. The Kier molecular flexibility index (Phi) is 4.10. The standard InChI is InChI=1S/C15H22N2O2/c1-15(6-8-16-9-7-15)14(19)17(2)11-12-4-3-5-13(18)10-12/h3-5,10,16,18H,6-9,11H2,1-2H3. The molecule has 0 aromatic heterocycles. The minimum absolute atomic E-state index is 0.192. The molecule has 0 aliphatic carbocycles. The van der Waals surface area contributed by atoms with Crippen molar-refractivity contribution in [2.75, 3.05) is 20.1 Å². The average molecular weight is 262 g/mol. The minimum Gasteiger partial charge on any atom is -0.508 e. The van der Waals surface area contributed by atoms with E-state index in [1.807, 2.05) is 13.1 Å². The molecule has 4 heteroatoms. The second-order valence-electron chi connectivity index (χ2n) is 5.64. The number of aromatic hydroxyl groups is 1. The van der Waals surface area contributed by atoms with E-state index in [4.69, 9.17) is 0 Å². The van der Waals surface area contributed by atoms with Crippen LogP contribution in [0.1, 0.15) is 25.3 Å². The smallest absolute Gasteiger partial charge is 0.228 e. The van der Waals surface area contributed by atoms with Crippen molar-refractivity contribution in [3.8, 4) is 5.75 Å². The third-order valence-corrected chi connectivity index (χ3v) is 3.90. The molecule has 4 nitrogen and oxygen atoms in total. The number of phenolic OH excluding ortho intramolecular Hbond substituents is 1. The molecule has 2 rings (SSSR count). The Morgan fingerprint density at radius 1 is 1.42 bits per heavy atom. The maximum absolute atomic E-state index is 12.5. The molecule has 1 aliphatic rings. The molecule has 0 unspecified atom stereocenters. The highest BCUT2D eigenvalue weighted by molar-refractivity contribution is 5.82. The van der Waals surface area contributed by atoms with Crippen LogP contribution in [0.5, 0.6) is 5.75 Å². The van der Waals surface area contributed by atoms with E-state index < -0.39 is 0 Å². The van der Waals surface area contributed by atoms with Crippen LogP contribution in [0, 0.1) is 5.41 Å². The van der Waals surface area contributed by atoms with Gasteiger partial charge in [0, 0.05) is 19.0 Å². The predicted molar refractivity (Wildman–Crippen MR) is 74.8 cm³/mol. The Hall–Kier alpha value is -1.55. The van der Waals surface area contributed by atoms with E-state index in [9.17, 15) is 9.90 Å². The molecular weight excluding hydrogens is 240 g/mol. The first-order chi connectivity index (χ1) is 9.01. The molecule has 0 bridgehead atoms. The van der Waals surface area contributed by atoms with Gasteiger partial charge in [-0.15, -0.1) is 0 Å². The number of amides is 1. The van der Waals surface area contributed by atoms with Crippen molar-refractivity contribution < 1.29 is 9.90 Å². The van der Waals surface area contributed by atoms with Gasteiger partial charge in [0.05, 0.1) is 0 Å². The van der Waals surface area contributed by atoms with Gasteiger partial charge in [-0.2, -0.15) is 0 Å². The normalized spacial score (nSPS) is 18.0. The van der Waals surface area contributed by atoms with Crippen LogP contribution in [-0.4, -0.2) is 36.1 Å². The van der Waals surface area contributed by atoms with Crippen LogP contribution in [-0.2, 0) is 11.3 Å². The lowest BCUT2D eigenvalue weighted by atomic mass is 9.79. The summed E-state index contributed by atoms with van der Waals surface area (Å²) >= 11 is 0. The zero-order chi connectivity index (χ0) is 13.9. The number of carbonyl (C=O) groups is 1. The highest BCUT2D eigenvalue weighted by Crippen LogP contribution is 2.30. The topological polar surface area (TPSA) is 52.6 Å². The zero-order valence-electron chi connectivity index (χ0n) is 11.6. The summed E-state index contributed by atoms with van der Waals surface area (Å²) in [5.41, 5.74) is 0.699. The fourth-order valence-electron chi connectivity index (χ4n) is 2.65. The summed E-state index contributed by atoms with van der Waals surface area (Å²) in [6.45, 7) is 4.40. The molecular formula is C15H22N2O2. The van der Waals surface area contributed by atoms with E-state index in [-0.39, 0.29) is 17.1 Å². The van der Waals surface area contributed by atoms with Gasteiger partial charge >= 0.3 is 0 Å². The van der Waals surface area contributed by atoms with E-state index in [1.165, 1.54) is 0 Å². The number of nitrogens with zero attached hydrogens (tertiary/aromatic N) is 1. The summed E-state index contributed by atoms with van der Waals surface area (Å²) in [6.07, 6.45) is 1.77. The molecule has 2 N–H and O–H groups in total.